The molecule has 0 atom stereocenters. The van der Waals surface area contributed by atoms with Gasteiger partial charge in [-0.15, -0.1) is 6.58 Å². The van der Waals surface area contributed by atoms with Gasteiger partial charge in [0.1, 0.15) is 17.5 Å². The van der Waals surface area contributed by atoms with Crippen LogP contribution in [0, 0.1) is 6.92 Å². The minimum atomic E-state index is 0.720. The molecule has 1 fully saturated rings. The van der Waals surface area contributed by atoms with Gasteiger partial charge in [-0.1, -0.05) is 6.08 Å². The van der Waals surface area contributed by atoms with Gasteiger partial charge in [-0.2, -0.15) is 0 Å². The highest BCUT2D eigenvalue weighted by atomic mass is 15.2. The van der Waals surface area contributed by atoms with Crippen LogP contribution in [0.5, 0.6) is 0 Å². The van der Waals surface area contributed by atoms with E-state index >= 15 is 0 Å². The summed E-state index contributed by atoms with van der Waals surface area (Å²) in [6.07, 6.45) is 2.98. The molecule has 0 aromatic carbocycles. The molecule has 1 aliphatic heterocycles. The van der Waals surface area contributed by atoms with Crippen LogP contribution >= 0.6 is 0 Å². The largest absolute Gasteiger partial charge is 0.366 e. The molecule has 98 valence electrons. The van der Waals surface area contributed by atoms with Crippen molar-refractivity contribution in [3.63, 3.8) is 0 Å². The van der Waals surface area contributed by atoms with Crippen LogP contribution in [0.1, 0.15) is 12.2 Å². The lowest BCUT2D eigenvalue weighted by molar-refractivity contribution is 0.724. The minimum Gasteiger partial charge on any atom is -0.366 e. The van der Waals surface area contributed by atoms with Gasteiger partial charge in [-0.25, -0.2) is 9.97 Å². The van der Waals surface area contributed by atoms with E-state index in [2.05, 4.69) is 32.1 Å². The maximum atomic E-state index is 4.53. The summed E-state index contributed by atoms with van der Waals surface area (Å²) in [4.78, 5) is 11.2. The second kappa shape index (κ2) is 6.35. The zero-order valence-electron chi connectivity index (χ0n) is 10.9. The van der Waals surface area contributed by atoms with Gasteiger partial charge in [-0.05, 0) is 19.9 Å². The molecule has 5 nitrogen and oxygen atoms in total. The van der Waals surface area contributed by atoms with Crippen LogP contribution in [0.25, 0.3) is 0 Å². The number of anilines is 2. The molecule has 2 rings (SSSR count). The molecular formula is C13H21N5. The first kappa shape index (κ1) is 12.8. The Hall–Kier alpha value is -1.62. The Labute approximate surface area is 108 Å². The quantitative estimate of drug-likeness (QED) is 0.783. The van der Waals surface area contributed by atoms with Crippen molar-refractivity contribution in [1.29, 1.82) is 0 Å². The van der Waals surface area contributed by atoms with Gasteiger partial charge in [0, 0.05) is 32.2 Å². The summed E-state index contributed by atoms with van der Waals surface area (Å²) in [5.41, 5.74) is 0. The second-order valence-corrected chi connectivity index (χ2v) is 4.42. The van der Waals surface area contributed by atoms with Crippen molar-refractivity contribution in [2.45, 2.75) is 13.3 Å². The van der Waals surface area contributed by atoms with E-state index in [0.29, 0.717) is 0 Å². The van der Waals surface area contributed by atoms with Crippen molar-refractivity contribution in [1.82, 2.24) is 15.3 Å². The van der Waals surface area contributed by atoms with E-state index in [-0.39, 0.29) is 0 Å². The van der Waals surface area contributed by atoms with Crippen LogP contribution < -0.4 is 15.5 Å². The number of aryl methyl sites for hydroxylation is 1. The van der Waals surface area contributed by atoms with E-state index in [1.807, 2.05) is 19.1 Å². The first-order valence-electron chi connectivity index (χ1n) is 6.45. The Bertz CT molecular complexity index is 396. The highest BCUT2D eigenvalue weighted by molar-refractivity contribution is 5.49. The van der Waals surface area contributed by atoms with Crippen molar-refractivity contribution < 1.29 is 0 Å². The van der Waals surface area contributed by atoms with Crippen molar-refractivity contribution >= 4 is 11.6 Å². The van der Waals surface area contributed by atoms with E-state index in [9.17, 15) is 0 Å². The Balaban J connectivity index is 2.14. The van der Waals surface area contributed by atoms with Gasteiger partial charge in [0.15, 0.2) is 0 Å². The standard InChI is InChI=1S/C13H21N5/c1-3-5-15-12-10-13(17-11(2)16-12)18-8-4-6-14-7-9-18/h3,10,14H,1,4-9H2,2H3,(H,15,16,17). The molecule has 0 unspecified atom stereocenters. The predicted octanol–water partition coefficient (Wildman–Crippen LogP) is 1.18. The first-order valence-corrected chi connectivity index (χ1v) is 6.45. The zero-order chi connectivity index (χ0) is 12.8. The van der Waals surface area contributed by atoms with Crippen LogP contribution in [0.3, 0.4) is 0 Å². The molecule has 1 aromatic rings. The molecule has 18 heavy (non-hydrogen) atoms. The molecule has 5 heteroatoms. The van der Waals surface area contributed by atoms with Crippen LogP contribution in [0.4, 0.5) is 11.6 Å². The third-order valence-electron chi connectivity index (χ3n) is 2.92. The highest BCUT2D eigenvalue weighted by Gasteiger charge is 2.12. The summed E-state index contributed by atoms with van der Waals surface area (Å²) in [6.45, 7) is 10.5. The smallest absolute Gasteiger partial charge is 0.134 e. The topological polar surface area (TPSA) is 53.1 Å². The summed E-state index contributed by atoms with van der Waals surface area (Å²) in [6, 6.07) is 2.02. The predicted molar refractivity (Wildman–Crippen MR) is 75.2 cm³/mol. The number of aromatic nitrogens is 2. The Morgan fingerprint density at radius 1 is 1.44 bits per heavy atom. The highest BCUT2D eigenvalue weighted by Crippen LogP contribution is 2.16. The molecule has 1 saturated heterocycles. The summed E-state index contributed by atoms with van der Waals surface area (Å²) in [5, 5.41) is 6.62. The first-order chi connectivity index (χ1) is 8.79. The normalized spacial score (nSPS) is 16.2. The third kappa shape index (κ3) is 3.43. The number of hydrogen-bond acceptors (Lipinski definition) is 5. The van der Waals surface area contributed by atoms with Crippen molar-refractivity contribution in [2.75, 3.05) is 42.9 Å². The molecule has 0 bridgehead atoms. The molecule has 2 heterocycles. The van der Waals surface area contributed by atoms with Crippen LogP contribution in [-0.2, 0) is 0 Å². The lowest BCUT2D eigenvalue weighted by Gasteiger charge is -2.21. The van der Waals surface area contributed by atoms with E-state index in [1.54, 1.807) is 0 Å². The molecule has 0 amide bonds. The van der Waals surface area contributed by atoms with Gasteiger partial charge in [0.2, 0.25) is 0 Å². The third-order valence-corrected chi connectivity index (χ3v) is 2.92. The Morgan fingerprint density at radius 3 is 3.17 bits per heavy atom. The summed E-state index contributed by atoms with van der Waals surface area (Å²) in [7, 11) is 0. The SMILES string of the molecule is C=CCNc1cc(N2CCCNCC2)nc(C)n1. The van der Waals surface area contributed by atoms with Crippen molar-refractivity contribution in [3.8, 4) is 0 Å². The Kier molecular flexibility index (Phi) is 4.52. The fraction of sp³-hybridized carbons (Fsp3) is 0.538. The summed E-state index contributed by atoms with van der Waals surface area (Å²) < 4.78 is 0. The molecular weight excluding hydrogens is 226 g/mol. The second-order valence-electron chi connectivity index (χ2n) is 4.42. The molecule has 1 aliphatic rings. The number of nitrogens with one attached hydrogen (secondary N) is 2. The summed E-state index contributed by atoms with van der Waals surface area (Å²) >= 11 is 0. The fourth-order valence-electron chi connectivity index (χ4n) is 2.06. The molecule has 1 aromatic heterocycles. The maximum Gasteiger partial charge on any atom is 0.134 e. The monoisotopic (exact) mass is 247 g/mol. The lowest BCUT2D eigenvalue weighted by atomic mass is 10.3. The van der Waals surface area contributed by atoms with Crippen LogP contribution in [0.2, 0.25) is 0 Å². The Morgan fingerprint density at radius 2 is 2.33 bits per heavy atom. The minimum absolute atomic E-state index is 0.720. The lowest BCUT2D eigenvalue weighted by Crippen LogP contribution is -2.29. The van der Waals surface area contributed by atoms with E-state index in [4.69, 9.17) is 0 Å². The number of nitrogens with zero attached hydrogens (tertiary/aromatic N) is 3. The molecule has 2 N–H and O–H groups in total. The van der Waals surface area contributed by atoms with Crippen LogP contribution in [-0.4, -0.2) is 42.7 Å². The van der Waals surface area contributed by atoms with Gasteiger partial charge in [0.25, 0.3) is 0 Å². The van der Waals surface area contributed by atoms with E-state index < -0.39 is 0 Å². The van der Waals surface area contributed by atoms with Crippen molar-refractivity contribution in [2.24, 2.45) is 0 Å². The van der Waals surface area contributed by atoms with E-state index in [0.717, 1.165) is 56.6 Å². The molecule has 0 spiro atoms. The number of rotatable bonds is 4. The molecule has 0 radical (unpaired) electrons. The average molecular weight is 247 g/mol. The van der Waals surface area contributed by atoms with Crippen molar-refractivity contribution in [3.05, 3.63) is 24.5 Å². The average Bonchev–Trinajstić information content (AvgIpc) is 2.64. The molecule has 0 aliphatic carbocycles. The fourth-order valence-corrected chi connectivity index (χ4v) is 2.06. The number of hydrogen-bond donors (Lipinski definition) is 2. The maximum absolute atomic E-state index is 4.53. The van der Waals surface area contributed by atoms with Gasteiger partial charge in [0.05, 0.1) is 0 Å². The summed E-state index contributed by atoms with van der Waals surface area (Å²) in [5.74, 6) is 2.68. The van der Waals surface area contributed by atoms with Gasteiger partial charge in [-0.3, -0.25) is 0 Å². The zero-order valence-corrected chi connectivity index (χ0v) is 10.9. The van der Waals surface area contributed by atoms with Gasteiger partial charge < -0.3 is 15.5 Å². The van der Waals surface area contributed by atoms with Gasteiger partial charge >= 0.3 is 0 Å². The van der Waals surface area contributed by atoms with E-state index in [1.165, 1.54) is 0 Å². The van der Waals surface area contributed by atoms with Crippen LogP contribution in [0.15, 0.2) is 18.7 Å². The molecule has 0 saturated carbocycles.